The number of halogens is 1. The van der Waals surface area contributed by atoms with Gasteiger partial charge in [0, 0.05) is 41.9 Å². The third-order valence-electron chi connectivity index (χ3n) is 7.73. The van der Waals surface area contributed by atoms with Crippen LogP contribution in [0, 0.1) is 0 Å². The van der Waals surface area contributed by atoms with Gasteiger partial charge in [-0.3, -0.25) is 9.59 Å². The molecule has 2 aliphatic heterocycles. The minimum absolute atomic E-state index is 0.0938. The molecule has 2 N–H and O–H groups in total. The molecule has 1 unspecified atom stereocenters. The van der Waals surface area contributed by atoms with Crippen molar-refractivity contribution in [2.75, 3.05) is 27.3 Å². The molecule has 0 aliphatic carbocycles. The Morgan fingerprint density at radius 1 is 1.10 bits per heavy atom. The Labute approximate surface area is 243 Å². The number of carbonyl (C=O) groups is 2. The van der Waals surface area contributed by atoms with E-state index < -0.39 is 23.8 Å². The second-order valence-corrected chi connectivity index (χ2v) is 10.8. The van der Waals surface area contributed by atoms with E-state index in [-0.39, 0.29) is 31.6 Å². The fourth-order valence-electron chi connectivity index (χ4n) is 5.65. The summed E-state index contributed by atoms with van der Waals surface area (Å²) in [5, 5.41) is 20.1. The van der Waals surface area contributed by atoms with Gasteiger partial charge in [0.1, 0.15) is 12.2 Å². The van der Waals surface area contributed by atoms with Crippen LogP contribution in [-0.4, -0.2) is 64.5 Å². The molecule has 0 saturated carbocycles. The van der Waals surface area contributed by atoms with Crippen molar-refractivity contribution in [2.45, 2.75) is 43.5 Å². The number of rotatable bonds is 8. The van der Waals surface area contributed by atoms with Gasteiger partial charge in [0.25, 0.3) is 0 Å². The molecule has 9 nitrogen and oxygen atoms in total. The van der Waals surface area contributed by atoms with E-state index in [0.717, 1.165) is 22.5 Å². The number of carboxylic acid groups (broad SMARTS) is 1. The maximum Gasteiger partial charge on any atom is 0.306 e. The highest BCUT2D eigenvalue weighted by atomic mass is 35.5. The first-order valence-electron chi connectivity index (χ1n) is 13.4. The van der Waals surface area contributed by atoms with Crippen molar-refractivity contribution >= 4 is 23.5 Å². The summed E-state index contributed by atoms with van der Waals surface area (Å²) in [6.45, 7) is 0.625. The van der Waals surface area contributed by atoms with E-state index in [2.05, 4.69) is 4.57 Å². The number of para-hydroxylation sites is 1. The van der Waals surface area contributed by atoms with Crippen LogP contribution in [0.5, 0.6) is 11.5 Å². The second-order valence-electron chi connectivity index (χ2n) is 10.3. The summed E-state index contributed by atoms with van der Waals surface area (Å²) in [4.78, 5) is 25.7. The maximum absolute atomic E-state index is 13.0. The third-order valence-corrected chi connectivity index (χ3v) is 7.97. The highest BCUT2D eigenvalue weighted by molar-refractivity contribution is 6.30. The summed E-state index contributed by atoms with van der Waals surface area (Å²) in [5.74, 6) is 0.000228. The molecular formula is C31H33ClN2O7. The van der Waals surface area contributed by atoms with Crippen molar-refractivity contribution in [3.63, 3.8) is 0 Å². The van der Waals surface area contributed by atoms with Crippen molar-refractivity contribution in [2.24, 2.45) is 0 Å². The number of piperidine rings is 1. The lowest BCUT2D eigenvalue weighted by atomic mass is 9.88. The lowest BCUT2D eigenvalue weighted by molar-refractivity contribution is -0.146. The molecule has 2 atom stereocenters. The standard InChI is InChI=1S/C31H33ClN2O7/c1-39-26-9-3-6-21(30(26)40-2)29-22-18-20(32)11-12-23(22)34-15-5-7-24(34)25(41-29)8-4-10-27(35)33-16-13-31(38,14-17-33)19-28(36)37/h3-9,11-12,15,18,25,29,38H,10,13-14,16-17,19H2,1-2H3,(H,36,37)/b8-4+/t25?,29-/m1/s1. The predicted octanol–water partition coefficient (Wildman–Crippen LogP) is 5.08. The van der Waals surface area contributed by atoms with Gasteiger partial charge in [-0.05, 0) is 49.2 Å². The molecule has 0 radical (unpaired) electrons. The van der Waals surface area contributed by atoms with Crippen molar-refractivity contribution in [1.29, 1.82) is 0 Å². The van der Waals surface area contributed by atoms with Gasteiger partial charge in [0.05, 0.1) is 37.6 Å². The van der Waals surface area contributed by atoms with Crippen LogP contribution in [0.15, 0.2) is 66.9 Å². The van der Waals surface area contributed by atoms with E-state index in [4.69, 9.17) is 30.9 Å². The largest absolute Gasteiger partial charge is 0.493 e. The predicted molar refractivity (Wildman–Crippen MR) is 153 cm³/mol. The molecule has 0 bridgehead atoms. The minimum Gasteiger partial charge on any atom is -0.493 e. The molecule has 1 amide bonds. The van der Waals surface area contributed by atoms with E-state index in [1.165, 1.54) is 0 Å². The van der Waals surface area contributed by atoms with Crippen molar-refractivity contribution in [3.8, 4) is 17.2 Å². The number of fused-ring (bicyclic) bond motifs is 3. The van der Waals surface area contributed by atoms with Crippen LogP contribution >= 0.6 is 11.6 Å². The SMILES string of the molecule is COc1cccc([C@H]2OC(/C=C/CC(=O)N3CCC(O)(CC(=O)O)CC3)c3cccn3-c3ccc(Cl)cc32)c1OC. The summed E-state index contributed by atoms with van der Waals surface area (Å²) in [7, 11) is 3.18. The Balaban J connectivity index is 1.41. The van der Waals surface area contributed by atoms with Crippen LogP contribution in [0.1, 0.15) is 54.7 Å². The number of carbonyl (C=O) groups excluding carboxylic acids is 1. The fourth-order valence-corrected chi connectivity index (χ4v) is 5.83. The first-order valence-corrected chi connectivity index (χ1v) is 13.8. The van der Waals surface area contributed by atoms with Crippen molar-refractivity contribution < 1.29 is 34.0 Å². The molecule has 1 aromatic heterocycles. The van der Waals surface area contributed by atoms with Gasteiger partial charge in [-0.25, -0.2) is 0 Å². The van der Waals surface area contributed by atoms with Gasteiger partial charge in [-0.15, -0.1) is 0 Å². The summed E-state index contributed by atoms with van der Waals surface area (Å²) in [6, 6.07) is 15.3. The Kier molecular flexibility index (Phi) is 8.40. The molecule has 2 aliphatic rings. The van der Waals surface area contributed by atoms with Gasteiger partial charge >= 0.3 is 5.97 Å². The van der Waals surface area contributed by atoms with Gasteiger partial charge in [0.15, 0.2) is 11.5 Å². The number of aromatic nitrogens is 1. The molecule has 3 aromatic rings. The van der Waals surface area contributed by atoms with Gasteiger partial charge in [0.2, 0.25) is 5.91 Å². The number of ether oxygens (including phenoxy) is 3. The molecule has 216 valence electrons. The van der Waals surface area contributed by atoms with E-state index in [9.17, 15) is 14.7 Å². The number of methoxy groups -OCH3 is 2. The quantitative estimate of drug-likeness (QED) is 0.357. The molecule has 2 aromatic carbocycles. The van der Waals surface area contributed by atoms with Gasteiger partial charge in [-0.1, -0.05) is 35.9 Å². The van der Waals surface area contributed by atoms with Crippen molar-refractivity contribution in [3.05, 3.63) is 88.7 Å². The normalized spacial score (nSPS) is 19.8. The maximum atomic E-state index is 13.0. The molecule has 10 heteroatoms. The number of carboxylic acids is 1. The number of amides is 1. The number of benzene rings is 2. The summed E-state index contributed by atoms with van der Waals surface area (Å²) < 4.78 is 20.1. The number of likely N-dealkylation sites (tertiary alicyclic amines) is 1. The van der Waals surface area contributed by atoms with Crippen molar-refractivity contribution in [1.82, 2.24) is 9.47 Å². The van der Waals surface area contributed by atoms with E-state index in [0.29, 0.717) is 29.6 Å². The zero-order chi connectivity index (χ0) is 29.1. The molecule has 0 spiro atoms. The number of aliphatic hydroxyl groups is 1. The number of hydrogen-bond acceptors (Lipinski definition) is 6. The molecule has 1 fully saturated rings. The minimum atomic E-state index is -1.27. The molecule has 3 heterocycles. The van der Waals surface area contributed by atoms with Crippen LogP contribution in [0.25, 0.3) is 5.69 Å². The topological polar surface area (TPSA) is 110 Å². The van der Waals surface area contributed by atoms with Crippen LogP contribution in [0.2, 0.25) is 5.02 Å². The smallest absolute Gasteiger partial charge is 0.306 e. The number of hydrogen-bond donors (Lipinski definition) is 2. The summed E-state index contributed by atoms with van der Waals surface area (Å²) in [6.07, 6.45) is 4.86. The number of aliphatic carboxylic acids is 1. The van der Waals surface area contributed by atoms with Gasteiger partial charge < -0.3 is 33.9 Å². The molecule has 1 saturated heterocycles. The lowest BCUT2D eigenvalue weighted by Crippen LogP contribution is -2.47. The highest BCUT2D eigenvalue weighted by Gasteiger charge is 2.36. The average molecular weight is 581 g/mol. The zero-order valence-electron chi connectivity index (χ0n) is 23.0. The van der Waals surface area contributed by atoms with E-state index in [1.807, 2.05) is 60.8 Å². The zero-order valence-corrected chi connectivity index (χ0v) is 23.7. The first kappa shape index (κ1) is 28.7. The van der Waals surface area contributed by atoms with Gasteiger partial charge in [-0.2, -0.15) is 0 Å². The Hall–Kier alpha value is -3.79. The Morgan fingerprint density at radius 3 is 2.59 bits per heavy atom. The lowest BCUT2D eigenvalue weighted by Gasteiger charge is -2.37. The fraction of sp³-hybridized carbons (Fsp3) is 0.355. The molecular weight excluding hydrogens is 548 g/mol. The number of nitrogens with zero attached hydrogens (tertiary/aromatic N) is 2. The first-order chi connectivity index (χ1) is 19.7. The van der Waals surface area contributed by atoms with E-state index >= 15 is 0 Å². The average Bonchev–Trinajstić information content (AvgIpc) is 3.39. The summed E-state index contributed by atoms with van der Waals surface area (Å²) in [5.41, 5.74) is 2.16. The Morgan fingerprint density at radius 2 is 1.88 bits per heavy atom. The third kappa shape index (κ3) is 5.98. The monoisotopic (exact) mass is 580 g/mol. The molecule has 41 heavy (non-hydrogen) atoms. The Bertz CT molecular complexity index is 1460. The second kappa shape index (κ2) is 12.0. The van der Waals surface area contributed by atoms with E-state index in [1.54, 1.807) is 25.2 Å². The van der Waals surface area contributed by atoms with Crippen LogP contribution in [0.3, 0.4) is 0 Å². The van der Waals surface area contributed by atoms with Crippen LogP contribution in [0.4, 0.5) is 0 Å². The highest BCUT2D eigenvalue weighted by Crippen LogP contribution is 2.46. The van der Waals surface area contributed by atoms with Crippen LogP contribution < -0.4 is 9.47 Å². The molecule has 5 rings (SSSR count). The van der Waals surface area contributed by atoms with Crippen LogP contribution in [-0.2, 0) is 14.3 Å². The summed E-state index contributed by atoms with van der Waals surface area (Å²) >= 11 is 6.47.